The highest BCUT2D eigenvalue weighted by Gasteiger charge is 2.23. The second-order valence-electron chi connectivity index (χ2n) is 9.39. The van der Waals surface area contributed by atoms with Gasteiger partial charge in [-0.05, 0) is 80.0 Å². The molecule has 1 aromatic heterocycles. The minimum Gasteiger partial charge on any atom is -0.496 e. The van der Waals surface area contributed by atoms with Crippen molar-refractivity contribution in [1.29, 1.82) is 0 Å². The molecule has 5 rings (SSSR count). The number of anilines is 1. The van der Waals surface area contributed by atoms with Crippen molar-refractivity contribution in [3.63, 3.8) is 0 Å². The third kappa shape index (κ3) is 4.71. The fraction of sp³-hybridized carbons (Fsp3) is 0.444. The Morgan fingerprint density at radius 1 is 1.12 bits per heavy atom. The molecule has 1 saturated heterocycles. The zero-order valence-corrected chi connectivity index (χ0v) is 19.8. The first-order chi connectivity index (χ1) is 16.6. The normalized spacial score (nSPS) is 18.6. The minimum absolute atomic E-state index is 0.103. The number of non-ortho nitro benzene ring substituents is 1. The Balaban J connectivity index is 1.13. The monoisotopic (exact) mass is 460 g/mol. The number of methoxy groups -OCH3 is 1. The number of ether oxygens (including phenoxy) is 1. The Kier molecular flexibility index (Phi) is 6.63. The van der Waals surface area contributed by atoms with Crippen molar-refractivity contribution in [2.45, 2.75) is 38.0 Å². The number of pyridine rings is 1. The van der Waals surface area contributed by atoms with Crippen LogP contribution in [0.2, 0.25) is 0 Å². The fourth-order valence-corrected chi connectivity index (χ4v) is 5.56. The van der Waals surface area contributed by atoms with Crippen LogP contribution < -0.4 is 9.64 Å². The van der Waals surface area contributed by atoms with Gasteiger partial charge in [0.1, 0.15) is 11.6 Å². The molecule has 7 heteroatoms. The molecule has 1 fully saturated rings. The number of piperazine rings is 1. The summed E-state index contributed by atoms with van der Waals surface area (Å²) in [6.07, 6.45) is 6.12. The van der Waals surface area contributed by atoms with Crippen LogP contribution in [-0.2, 0) is 6.42 Å². The minimum atomic E-state index is -0.365. The lowest BCUT2D eigenvalue weighted by Gasteiger charge is -2.36. The first kappa shape index (κ1) is 22.6. The van der Waals surface area contributed by atoms with Gasteiger partial charge in [0.15, 0.2) is 0 Å². The van der Waals surface area contributed by atoms with Gasteiger partial charge in [-0.3, -0.25) is 15.0 Å². The number of benzene rings is 2. The van der Waals surface area contributed by atoms with Crippen LogP contribution in [0.15, 0.2) is 48.5 Å². The summed E-state index contributed by atoms with van der Waals surface area (Å²) in [6, 6.07) is 15.3. The molecule has 7 nitrogen and oxygen atoms in total. The van der Waals surface area contributed by atoms with E-state index in [9.17, 15) is 10.1 Å². The molecule has 1 unspecified atom stereocenters. The predicted octanol–water partition coefficient (Wildman–Crippen LogP) is 5.17. The highest BCUT2D eigenvalue weighted by Crippen LogP contribution is 2.39. The van der Waals surface area contributed by atoms with E-state index in [0.717, 1.165) is 61.6 Å². The number of hydrogen-bond acceptors (Lipinski definition) is 6. The summed E-state index contributed by atoms with van der Waals surface area (Å²) in [5.41, 5.74) is 3.83. The largest absolute Gasteiger partial charge is 0.496 e. The van der Waals surface area contributed by atoms with Crippen molar-refractivity contribution in [2.24, 2.45) is 0 Å². The lowest BCUT2D eigenvalue weighted by atomic mass is 9.80. The van der Waals surface area contributed by atoms with Gasteiger partial charge >= 0.3 is 0 Å². The number of fused-ring (bicyclic) bond motifs is 2. The summed E-state index contributed by atoms with van der Waals surface area (Å²) in [7, 11) is 1.78. The molecule has 1 aliphatic heterocycles. The van der Waals surface area contributed by atoms with Gasteiger partial charge in [-0.15, -0.1) is 0 Å². The predicted molar refractivity (Wildman–Crippen MR) is 135 cm³/mol. The zero-order chi connectivity index (χ0) is 23.5. The van der Waals surface area contributed by atoms with E-state index in [1.807, 2.05) is 12.1 Å². The Hall–Kier alpha value is -3.19. The molecule has 34 heavy (non-hydrogen) atoms. The maximum atomic E-state index is 11.0. The van der Waals surface area contributed by atoms with Crippen LogP contribution in [0.5, 0.6) is 5.75 Å². The lowest BCUT2D eigenvalue weighted by molar-refractivity contribution is -0.384. The van der Waals surface area contributed by atoms with Crippen LogP contribution in [0.25, 0.3) is 10.9 Å². The summed E-state index contributed by atoms with van der Waals surface area (Å²) in [5, 5.41) is 11.8. The molecule has 0 saturated carbocycles. The number of aromatic nitrogens is 1. The first-order valence-electron chi connectivity index (χ1n) is 12.3. The first-order valence-corrected chi connectivity index (χ1v) is 12.3. The van der Waals surface area contributed by atoms with Gasteiger partial charge < -0.3 is 9.64 Å². The average Bonchev–Trinajstić information content (AvgIpc) is 2.88. The molecule has 1 atom stereocenters. The molecular formula is C27H32N4O3. The second kappa shape index (κ2) is 9.97. The van der Waals surface area contributed by atoms with Crippen molar-refractivity contribution < 1.29 is 9.66 Å². The van der Waals surface area contributed by atoms with Crippen molar-refractivity contribution in [3.05, 3.63) is 69.8 Å². The summed E-state index contributed by atoms with van der Waals surface area (Å²) < 4.78 is 5.60. The van der Waals surface area contributed by atoms with Crippen LogP contribution in [0.3, 0.4) is 0 Å². The second-order valence-corrected chi connectivity index (χ2v) is 9.39. The summed E-state index contributed by atoms with van der Waals surface area (Å²) in [4.78, 5) is 20.3. The quantitative estimate of drug-likeness (QED) is 0.358. The highest BCUT2D eigenvalue weighted by molar-refractivity contribution is 5.82. The number of nitrogens with zero attached hydrogens (tertiary/aromatic N) is 4. The van der Waals surface area contributed by atoms with Gasteiger partial charge in [-0.2, -0.15) is 0 Å². The molecule has 1 aliphatic carbocycles. The summed E-state index contributed by atoms with van der Waals surface area (Å²) in [5.74, 6) is 2.66. The van der Waals surface area contributed by atoms with E-state index in [1.54, 1.807) is 19.2 Å². The molecular weight excluding hydrogens is 428 g/mol. The van der Waals surface area contributed by atoms with Crippen molar-refractivity contribution in [2.75, 3.05) is 44.7 Å². The van der Waals surface area contributed by atoms with Gasteiger partial charge in [0, 0.05) is 43.7 Å². The van der Waals surface area contributed by atoms with E-state index in [-0.39, 0.29) is 10.6 Å². The molecule has 2 aromatic carbocycles. The van der Waals surface area contributed by atoms with Gasteiger partial charge in [-0.1, -0.05) is 12.1 Å². The standard InChI is InChI=1S/C27H32N4O3/c1-34-26-9-3-7-23-20(5-2-8-24(23)26)6-4-14-29-15-17-30(18-16-29)27-13-10-21-19-22(31(32)33)11-12-25(21)28-27/h3,7,9-13,19-20H,2,4-6,8,14-18H2,1H3. The Labute approximate surface area is 200 Å². The maximum absolute atomic E-state index is 11.0. The lowest BCUT2D eigenvalue weighted by Crippen LogP contribution is -2.47. The van der Waals surface area contributed by atoms with Crippen LogP contribution in [0, 0.1) is 10.1 Å². The Morgan fingerprint density at radius 3 is 2.76 bits per heavy atom. The van der Waals surface area contributed by atoms with E-state index in [0.29, 0.717) is 5.92 Å². The molecule has 0 radical (unpaired) electrons. The zero-order valence-electron chi connectivity index (χ0n) is 19.8. The Bertz CT molecular complexity index is 1170. The summed E-state index contributed by atoms with van der Waals surface area (Å²) in [6.45, 7) is 5.12. The number of nitro benzene ring substituents is 1. The van der Waals surface area contributed by atoms with E-state index in [2.05, 4.69) is 28.0 Å². The third-order valence-corrected chi connectivity index (χ3v) is 7.40. The molecule has 2 heterocycles. The van der Waals surface area contributed by atoms with Gasteiger partial charge in [0.25, 0.3) is 5.69 Å². The smallest absolute Gasteiger partial charge is 0.270 e. The highest BCUT2D eigenvalue weighted by atomic mass is 16.6. The van der Waals surface area contributed by atoms with E-state index >= 15 is 0 Å². The third-order valence-electron chi connectivity index (χ3n) is 7.40. The molecule has 2 aliphatic rings. The molecule has 0 bridgehead atoms. The summed E-state index contributed by atoms with van der Waals surface area (Å²) >= 11 is 0. The number of nitro groups is 1. The van der Waals surface area contributed by atoms with Gasteiger partial charge in [0.05, 0.1) is 17.5 Å². The van der Waals surface area contributed by atoms with Crippen LogP contribution in [0.4, 0.5) is 11.5 Å². The van der Waals surface area contributed by atoms with Crippen molar-refractivity contribution >= 4 is 22.4 Å². The molecule has 0 spiro atoms. The molecule has 0 amide bonds. The average molecular weight is 461 g/mol. The molecule has 3 aromatic rings. The Morgan fingerprint density at radius 2 is 1.97 bits per heavy atom. The van der Waals surface area contributed by atoms with Crippen molar-refractivity contribution in [1.82, 2.24) is 9.88 Å². The fourth-order valence-electron chi connectivity index (χ4n) is 5.56. The van der Waals surface area contributed by atoms with Crippen LogP contribution >= 0.6 is 0 Å². The van der Waals surface area contributed by atoms with E-state index in [4.69, 9.17) is 9.72 Å². The SMILES string of the molecule is COc1cccc2c1CCCC2CCCN1CCN(c2ccc3cc([N+](=O)[O-])ccc3n2)CC1. The topological polar surface area (TPSA) is 71.7 Å². The molecule has 0 N–H and O–H groups in total. The molecule has 178 valence electrons. The van der Waals surface area contributed by atoms with Gasteiger partial charge in [0.2, 0.25) is 0 Å². The van der Waals surface area contributed by atoms with Crippen LogP contribution in [0.1, 0.15) is 42.7 Å². The van der Waals surface area contributed by atoms with E-state index in [1.165, 1.54) is 42.9 Å². The van der Waals surface area contributed by atoms with Gasteiger partial charge in [-0.25, -0.2) is 4.98 Å². The van der Waals surface area contributed by atoms with Crippen LogP contribution in [-0.4, -0.2) is 54.6 Å². The van der Waals surface area contributed by atoms with Crippen molar-refractivity contribution in [3.8, 4) is 5.75 Å². The number of rotatable bonds is 7. The van der Waals surface area contributed by atoms with E-state index < -0.39 is 0 Å². The maximum Gasteiger partial charge on any atom is 0.270 e. The number of hydrogen-bond donors (Lipinski definition) is 0.